The van der Waals surface area contributed by atoms with Crippen LogP contribution in [0.4, 0.5) is 4.39 Å². The van der Waals surface area contributed by atoms with Crippen LogP contribution in [0, 0.1) is 5.92 Å². The number of hydrogen-bond acceptors (Lipinski definition) is 1. The van der Waals surface area contributed by atoms with E-state index in [1.165, 1.54) is 0 Å². The van der Waals surface area contributed by atoms with E-state index in [1.807, 2.05) is 13.8 Å². The van der Waals surface area contributed by atoms with Crippen LogP contribution >= 0.6 is 0 Å². The Morgan fingerprint density at radius 1 is 1.20 bits per heavy atom. The zero-order valence-corrected chi connectivity index (χ0v) is 7.53. The minimum Gasteiger partial charge on any atom is -0.323 e. The summed E-state index contributed by atoms with van der Waals surface area (Å²) < 4.78 is 13.6. The fourth-order valence-electron chi connectivity index (χ4n) is 0.744. The van der Waals surface area contributed by atoms with Gasteiger partial charge in [-0.15, -0.1) is 0 Å². The molecule has 0 bridgehead atoms. The van der Waals surface area contributed by atoms with Gasteiger partial charge in [-0.05, 0) is 26.7 Å². The molecule has 0 amide bonds. The van der Waals surface area contributed by atoms with Gasteiger partial charge in [0.25, 0.3) is 0 Å². The number of halogens is 1. The maximum atomic E-state index is 13.6. The second-order valence-corrected chi connectivity index (χ2v) is 3.95. The van der Waals surface area contributed by atoms with Crippen LogP contribution in [0.3, 0.4) is 0 Å². The van der Waals surface area contributed by atoms with Gasteiger partial charge in [0.05, 0.1) is 0 Å². The van der Waals surface area contributed by atoms with Gasteiger partial charge in [0.15, 0.2) is 0 Å². The van der Waals surface area contributed by atoms with Crippen molar-refractivity contribution in [2.24, 2.45) is 11.7 Å². The van der Waals surface area contributed by atoms with Crippen molar-refractivity contribution >= 4 is 0 Å². The molecule has 0 radical (unpaired) electrons. The van der Waals surface area contributed by atoms with E-state index in [0.717, 1.165) is 0 Å². The highest BCUT2D eigenvalue weighted by molar-refractivity contribution is 4.96. The van der Waals surface area contributed by atoms with E-state index in [-0.39, 0.29) is 5.92 Å². The first-order chi connectivity index (χ1) is 4.19. The van der Waals surface area contributed by atoms with E-state index < -0.39 is 11.2 Å². The number of hydrogen-bond donors (Lipinski definition) is 1. The predicted octanol–water partition coefficient (Wildman–Crippen LogP) is 2.11. The summed E-state index contributed by atoms with van der Waals surface area (Å²) in [6.07, 6.45) is 0. The zero-order chi connectivity index (χ0) is 8.58. The summed E-state index contributed by atoms with van der Waals surface area (Å²) >= 11 is 0. The minimum atomic E-state index is -1.28. The molecule has 0 aliphatic rings. The van der Waals surface area contributed by atoms with Crippen molar-refractivity contribution in [1.82, 2.24) is 0 Å². The maximum Gasteiger partial charge on any atom is 0.127 e. The molecule has 1 unspecified atom stereocenters. The van der Waals surface area contributed by atoms with Crippen LogP contribution in [0.1, 0.15) is 34.6 Å². The fourth-order valence-corrected chi connectivity index (χ4v) is 0.744. The molecule has 10 heavy (non-hydrogen) atoms. The number of alkyl halides is 1. The fraction of sp³-hybridized carbons (Fsp3) is 1.00. The van der Waals surface area contributed by atoms with Gasteiger partial charge >= 0.3 is 0 Å². The predicted molar refractivity (Wildman–Crippen MR) is 42.6 cm³/mol. The molecule has 0 aliphatic heterocycles. The highest BCUT2D eigenvalue weighted by Crippen LogP contribution is 2.31. The van der Waals surface area contributed by atoms with Gasteiger partial charge in [-0.25, -0.2) is 4.39 Å². The lowest BCUT2D eigenvalue weighted by atomic mass is 9.79. The molecule has 0 saturated carbocycles. The second kappa shape index (κ2) is 2.50. The van der Waals surface area contributed by atoms with E-state index in [2.05, 4.69) is 0 Å². The van der Waals surface area contributed by atoms with Crippen LogP contribution in [0.2, 0.25) is 0 Å². The zero-order valence-electron chi connectivity index (χ0n) is 7.53. The van der Waals surface area contributed by atoms with Crippen LogP contribution in [0.25, 0.3) is 0 Å². The Morgan fingerprint density at radius 3 is 1.50 bits per heavy atom. The first-order valence-electron chi connectivity index (χ1n) is 3.67. The van der Waals surface area contributed by atoms with Crippen LogP contribution in [0.5, 0.6) is 0 Å². The molecule has 0 spiro atoms. The average molecular weight is 147 g/mol. The Labute approximate surface area is 62.8 Å². The molecule has 0 rings (SSSR count). The molecule has 2 heteroatoms. The van der Waals surface area contributed by atoms with Crippen molar-refractivity contribution in [2.75, 3.05) is 0 Å². The van der Waals surface area contributed by atoms with Crippen LogP contribution in [-0.4, -0.2) is 11.2 Å². The summed E-state index contributed by atoms with van der Waals surface area (Å²) in [6.45, 7) is 8.67. The molecular formula is C8H18FN. The molecule has 0 aromatic rings. The van der Waals surface area contributed by atoms with E-state index in [9.17, 15) is 4.39 Å². The summed E-state index contributed by atoms with van der Waals surface area (Å²) in [5.74, 6) is -0.0347. The molecule has 0 aromatic heterocycles. The molecule has 0 fully saturated rings. The number of rotatable bonds is 2. The third-order valence-electron chi connectivity index (χ3n) is 2.34. The lowest BCUT2D eigenvalue weighted by Crippen LogP contribution is -2.54. The van der Waals surface area contributed by atoms with Gasteiger partial charge in [0.2, 0.25) is 0 Å². The van der Waals surface area contributed by atoms with Gasteiger partial charge in [-0.1, -0.05) is 13.8 Å². The summed E-state index contributed by atoms with van der Waals surface area (Å²) in [6, 6.07) is 0. The molecule has 62 valence electrons. The molecule has 1 nitrogen and oxygen atoms in total. The minimum absolute atomic E-state index is 0.0347. The molecule has 1 atom stereocenters. The van der Waals surface area contributed by atoms with Gasteiger partial charge in [0, 0.05) is 5.54 Å². The van der Waals surface area contributed by atoms with Crippen LogP contribution < -0.4 is 5.73 Å². The highest BCUT2D eigenvalue weighted by Gasteiger charge is 2.40. The van der Waals surface area contributed by atoms with Gasteiger partial charge < -0.3 is 5.73 Å². The summed E-state index contributed by atoms with van der Waals surface area (Å²) in [5, 5.41) is 0. The Bertz CT molecular complexity index is 111. The van der Waals surface area contributed by atoms with Crippen LogP contribution in [0.15, 0.2) is 0 Å². The Morgan fingerprint density at radius 2 is 1.50 bits per heavy atom. The van der Waals surface area contributed by atoms with Gasteiger partial charge in [-0.3, -0.25) is 0 Å². The normalized spacial score (nSPS) is 19.2. The van der Waals surface area contributed by atoms with Crippen LogP contribution in [-0.2, 0) is 0 Å². The highest BCUT2D eigenvalue weighted by atomic mass is 19.1. The quantitative estimate of drug-likeness (QED) is 0.636. The number of nitrogens with two attached hydrogens (primary N) is 1. The maximum absolute atomic E-state index is 13.6. The lowest BCUT2D eigenvalue weighted by Gasteiger charge is -2.37. The van der Waals surface area contributed by atoms with Crippen molar-refractivity contribution in [3.63, 3.8) is 0 Å². The van der Waals surface area contributed by atoms with E-state index >= 15 is 0 Å². The van der Waals surface area contributed by atoms with Gasteiger partial charge in [-0.2, -0.15) is 0 Å². The van der Waals surface area contributed by atoms with Crippen molar-refractivity contribution < 1.29 is 4.39 Å². The molecule has 0 aliphatic carbocycles. The molecule has 2 N–H and O–H groups in total. The molecule has 0 heterocycles. The SMILES string of the molecule is CC(C)C(C)(F)C(C)(C)N. The van der Waals surface area contributed by atoms with E-state index in [0.29, 0.717) is 0 Å². The third-order valence-corrected chi connectivity index (χ3v) is 2.34. The van der Waals surface area contributed by atoms with Crippen molar-refractivity contribution in [1.29, 1.82) is 0 Å². The molecule has 0 aromatic carbocycles. The standard InChI is InChI=1S/C8H18FN/c1-6(2)8(5,9)7(3,4)10/h6H,10H2,1-5H3. The summed E-state index contributed by atoms with van der Waals surface area (Å²) in [4.78, 5) is 0. The summed E-state index contributed by atoms with van der Waals surface area (Å²) in [5.41, 5.74) is 3.61. The lowest BCUT2D eigenvalue weighted by molar-refractivity contribution is 0.0461. The topological polar surface area (TPSA) is 26.0 Å². The molecular weight excluding hydrogens is 129 g/mol. The first kappa shape index (κ1) is 9.89. The van der Waals surface area contributed by atoms with Crippen molar-refractivity contribution in [3.8, 4) is 0 Å². The first-order valence-corrected chi connectivity index (χ1v) is 3.67. The smallest absolute Gasteiger partial charge is 0.127 e. The van der Waals surface area contributed by atoms with E-state index in [1.54, 1.807) is 20.8 Å². The largest absolute Gasteiger partial charge is 0.323 e. The van der Waals surface area contributed by atoms with Gasteiger partial charge in [0.1, 0.15) is 5.67 Å². The Balaban J connectivity index is 4.40. The average Bonchev–Trinajstić information content (AvgIpc) is 1.62. The second-order valence-electron chi connectivity index (χ2n) is 3.95. The monoisotopic (exact) mass is 147 g/mol. The van der Waals surface area contributed by atoms with Crippen molar-refractivity contribution in [2.45, 2.75) is 45.8 Å². The Hall–Kier alpha value is -0.110. The van der Waals surface area contributed by atoms with E-state index in [4.69, 9.17) is 5.73 Å². The molecule has 0 saturated heterocycles. The third kappa shape index (κ3) is 1.69. The summed E-state index contributed by atoms with van der Waals surface area (Å²) in [7, 11) is 0. The van der Waals surface area contributed by atoms with Crippen molar-refractivity contribution in [3.05, 3.63) is 0 Å². The Kier molecular flexibility index (Phi) is 2.47.